The first kappa shape index (κ1) is 25.5. The summed E-state index contributed by atoms with van der Waals surface area (Å²) in [5.74, 6) is -0.616. The molecule has 2 aromatic rings. The molecule has 2 rings (SSSR count). The molecule has 0 aliphatic heterocycles. The van der Waals surface area contributed by atoms with Crippen molar-refractivity contribution in [2.75, 3.05) is 5.32 Å². The van der Waals surface area contributed by atoms with Gasteiger partial charge < -0.3 is 10.6 Å². The number of aryl methyl sites for hydroxylation is 1. The molecule has 0 saturated carbocycles. The van der Waals surface area contributed by atoms with E-state index in [2.05, 4.69) is 15.4 Å². The number of carbonyl (C=O) groups excluding carboxylic acids is 2. The molecule has 0 spiro atoms. The van der Waals surface area contributed by atoms with Crippen molar-refractivity contribution in [1.29, 1.82) is 0 Å². The molecule has 3 N–H and O–H groups in total. The van der Waals surface area contributed by atoms with Crippen LogP contribution in [0.15, 0.2) is 47.4 Å². The predicted octanol–water partition coefficient (Wildman–Crippen LogP) is 4.24. The lowest BCUT2D eigenvalue weighted by Gasteiger charge is -2.24. The first-order chi connectivity index (χ1) is 14.6. The number of nitrogens with one attached hydrogen (secondary N) is 3. The van der Waals surface area contributed by atoms with E-state index in [0.717, 1.165) is 6.42 Å². The summed E-state index contributed by atoms with van der Waals surface area (Å²) >= 11 is 0. The number of hydrogen-bond acceptors (Lipinski definition) is 4. The third kappa shape index (κ3) is 6.90. The molecule has 2 aromatic carbocycles. The highest BCUT2D eigenvalue weighted by molar-refractivity contribution is 7.89. The fourth-order valence-corrected chi connectivity index (χ4v) is 4.29. The van der Waals surface area contributed by atoms with Crippen molar-refractivity contribution in [3.63, 3.8) is 0 Å². The van der Waals surface area contributed by atoms with Gasteiger partial charge in [-0.2, -0.15) is 0 Å². The second-order valence-electron chi connectivity index (χ2n) is 9.56. The van der Waals surface area contributed by atoms with Crippen LogP contribution in [-0.2, 0) is 10.0 Å². The Balaban J connectivity index is 2.20. The standard InChI is InChI=1S/C24H33N3O4S/c1-8-24(6,7)26-21(28)17-10-12-18(13-11-17)25-22(29)20-15-19(14-9-16(20)2)32(30,31)27-23(3,4)5/h9-15,27H,8H2,1-7H3,(H,25,29)(H,26,28). The zero-order chi connectivity index (χ0) is 24.3. The molecule has 7 nitrogen and oxygen atoms in total. The molecule has 0 saturated heterocycles. The Morgan fingerprint density at radius 1 is 0.906 bits per heavy atom. The van der Waals surface area contributed by atoms with Gasteiger partial charge in [0, 0.05) is 27.9 Å². The zero-order valence-electron chi connectivity index (χ0n) is 19.8. The molecule has 8 heteroatoms. The molecule has 174 valence electrons. The minimum atomic E-state index is -3.77. The second-order valence-corrected chi connectivity index (χ2v) is 11.2. The normalized spacial score (nSPS) is 12.3. The van der Waals surface area contributed by atoms with Gasteiger partial charge in [0.1, 0.15) is 0 Å². The lowest BCUT2D eigenvalue weighted by molar-refractivity contribution is 0.0910. The van der Waals surface area contributed by atoms with E-state index in [1.54, 1.807) is 58.0 Å². The summed E-state index contributed by atoms with van der Waals surface area (Å²) in [5.41, 5.74) is 0.938. The summed E-state index contributed by atoms with van der Waals surface area (Å²) in [7, 11) is -3.77. The molecule has 0 aromatic heterocycles. The van der Waals surface area contributed by atoms with Gasteiger partial charge in [0.25, 0.3) is 11.8 Å². The lowest BCUT2D eigenvalue weighted by Crippen LogP contribution is -2.42. The predicted molar refractivity (Wildman–Crippen MR) is 127 cm³/mol. The van der Waals surface area contributed by atoms with Crippen molar-refractivity contribution in [2.45, 2.75) is 70.9 Å². The Morgan fingerprint density at radius 3 is 2.03 bits per heavy atom. The highest BCUT2D eigenvalue weighted by Crippen LogP contribution is 2.20. The van der Waals surface area contributed by atoms with E-state index in [1.165, 1.54) is 12.1 Å². The third-order valence-electron chi connectivity index (χ3n) is 4.95. The Morgan fingerprint density at radius 2 is 1.50 bits per heavy atom. The van der Waals surface area contributed by atoms with Gasteiger partial charge in [-0.1, -0.05) is 13.0 Å². The van der Waals surface area contributed by atoms with Crippen molar-refractivity contribution >= 4 is 27.5 Å². The number of carbonyl (C=O) groups is 2. The molecule has 32 heavy (non-hydrogen) atoms. The van der Waals surface area contributed by atoms with E-state index in [1.807, 2.05) is 20.8 Å². The van der Waals surface area contributed by atoms with Crippen molar-refractivity contribution in [1.82, 2.24) is 10.0 Å². The van der Waals surface area contributed by atoms with Gasteiger partial charge in [-0.05, 0) is 89.9 Å². The topological polar surface area (TPSA) is 104 Å². The number of sulfonamides is 1. The molecule has 0 fully saturated rings. The van der Waals surface area contributed by atoms with Gasteiger partial charge in [-0.3, -0.25) is 9.59 Å². The molecule has 0 aliphatic carbocycles. The van der Waals surface area contributed by atoms with Gasteiger partial charge in [0.15, 0.2) is 0 Å². The average Bonchev–Trinajstić information content (AvgIpc) is 2.66. The van der Waals surface area contributed by atoms with Crippen LogP contribution in [0.3, 0.4) is 0 Å². The van der Waals surface area contributed by atoms with Crippen LogP contribution in [0.5, 0.6) is 0 Å². The van der Waals surface area contributed by atoms with E-state index < -0.39 is 21.5 Å². The third-order valence-corrected chi connectivity index (χ3v) is 6.70. The van der Waals surface area contributed by atoms with Gasteiger partial charge in [-0.15, -0.1) is 0 Å². The van der Waals surface area contributed by atoms with Crippen LogP contribution in [0, 0.1) is 6.92 Å². The fraction of sp³-hybridized carbons (Fsp3) is 0.417. The number of hydrogen-bond donors (Lipinski definition) is 3. The zero-order valence-corrected chi connectivity index (χ0v) is 20.6. The number of amides is 2. The van der Waals surface area contributed by atoms with Gasteiger partial charge in [0.05, 0.1) is 4.90 Å². The first-order valence-corrected chi connectivity index (χ1v) is 12.0. The first-order valence-electron chi connectivity index (χ1n) is 10.5. The Kier molecular flexibility index (Phi) is 7.52. The Bertz CT molecular complexity index is 1100. The summed E-state index contributed by atoms with van der Waals surface area (Å²) in [5, 5.41) is 5.73. The van der Waals surface area contributed by atoms with Crippen LogP contribution in [0.4, 0.5) is 5.69 Å². The van der Waals surface area contributed by atoms with Gasteiger partial charge in [-0.25, -0.2) is 13.1 Å². The quantitative estimate of drug-likeness (QED) is 0.576. The average molecular weight is 460 g/mol. The fourth-order valence-electron chi connectivity index (χ4n) is 2.85. The summed E-state index contributed by atoms with van der Waals surface area (Å²) in [6.45, 7) is 12.9. The molecular weight excluding hydrogens is 426 g/mol. The van der Waals surface area contributed by atoms with Crippen molar-refractivity contribution in [3.05, 3.63) is 59.2 Å². The minimum Gasteiger partial charge on any atom is -0.347 e. The van der Waals surface area contributed by atoms with Gasteiger partial charge in [0.2, 0.25) is 10.0 Å². The van der Waals surface area contributed by atoms with Crippen LogP contribution in [0.1, 0.15) is 74.2 Å². The Labute approximate surface area is 191 Å². The van der Waals surface area contributed by atoms with Crippen molar-refractivity contribution < 1.29 is 18.0 Å². The van der Waals surface area contributed by atoms with Crippen molar-refractivity contribution in [2.24, 2.45) is 0 Å². The maximum atomic E-state index is 12.8. The summed E-state index contributed by atoms with van der Waals surface area (Å²) in [4.78, 5) is 25.2. The molecule has 0 aliphatic rings. The molecular formula is C24H33N3O4S. The molecule has 0 radical (unpaired) electrons. The smallest absolute Gasteiger partial charge is 0.255 e. The Hall–Kier alpha value is -2.71. The summed E-state index contributed by atoms with van der Waals surface area (Å²) < 4.78 is 27.9. The summed E-state index contributed by atoms with van der Waals surface area (Å²) in [6.07, 6.45) is 0.798. The SMILES string of the molecule is CCC(C)(C)NC(=O)c1ccc(NC(=O)c2cc(S(=O)(=O)NC(C)(C)C)ccc2C)cc1. The summed E-state index contributed by atoms with van der Waals surface area (Å²) in [6, 6.07) is 11.0. The van der Waals surface area contributed by atoms with E-state index in [4.69, 9.17) is 0 Å². The van der Waals surface area contributed by atoms with Crippen LogP contribution in [0.2, 0.25) is 0 Å². The van der Waals surface area contributed by atoms with Crippen molar-refractivity contribution in [3.8, 4) is 0 Å². The van der Waals surface area contributed by atoms with E-state index in [0.29, 0.717) is 16.8 Å². The maximum Gasteiger partial charge on any atom is 0.255 e. The van der Waals surface area contributed by atoms with Crippen LogP contribution >= 0.6 is 0 Å². The number of rotatable bonds is 7. The van der Waals surface area contributed by atoms with Crippen LogP contribution < -0.4 is 15.4 Å². The molecule has 0 heterocycles. The molecule has 0 bridgehead atoms. The minimum absolute atomic E-state index is 0.0220. The van der Waals surface area contributed by atoms with Crippen LogP contribution in [0.25, 0.3) is 0 Å². The lowest BCUT2D eigenvalue weighted by atomic mass is 10.0. The highest BCUT2D eigenvalue weighted by Gasteiger charge is 2.24. The highest BCUT2D eigenvalue weighted by atomic mass is 32.2. The maximum absolute atomic E-state index is 12.8. The van der Waals surface area contributed by atoms with E-state index in [9.17, 15) is 18.0 Å². The molecule has 2 amide bonds. The molecule has 0 atom stereocenters. The van der Waals surface area contributed by atoms with E-state index in [-0.39, 0.29) is 21.9 Å². The van der Waals surface area contributed by atoms with E-state index >= 15 is 0 Å². The van der Waals surface area contributed by atoms with Gasteiger partial charge >= 0.3 is 0 Å². The largest absolute Gasteiger partial charge is 0.347 e. The molecule has 0 unspecified atom stereocenters. The second kappa shape index (κ2) is 9.42. The van der Waals surface area contributed by atoms with Crippen LogP contribution in [-0.4, -0.2) is 31.3 Å². The number of benzene rings is 2. The number of anilines is 1. The monoisotopic (exact) mass is 459 g/mol.